The Morgan fingerprint density at radius 1 is 1.53 bits per heavy atom. The van der Waals surface area contributed by atoms with Crippen molar-refractivity contribution in [3.63, 3.8) is 0 Å². The average molecular weight is 210 g/mol. The van der Waals surface area contributed by atoms with Crippen molar-refractivity contribution in [2.45, 2.75) is 26.3 Å². The van der Waals surface area contributed by atoms with Crippen LogP contribution in [0.4, 0.5) is 10.1 Å². The van der Waals surface area contributed by atoms with Crippen LogP contribution in [-0.2, 0) is 4.79 Å². The van der Waals surface area contributed by atoms with Gasteiger partial charge in [0.2, 0.25) is 5.91 Å². The molecule has 15 heavy (non-hydrogen) atoms. The maximum atomic E-state index is 13.0. The molecule has 1 atom stereocenters. The first-order valence-corrected chi connectivity index (χ1v) is 4.86. The smallest absolute Gasteiger partial charge is 0.241 e. The topological polar surface area (TPSA) is 55.1 Å². The van der Waals surface area contributed by atoms with Crippen molar-refractivity contribution in [1.29, 1.82) is 0 Å². The van der Waals surface area contributed by atoms with Gasteiger partial charge in [-0.2, -0.15) is 0 Å². The molecule has 1 amide bonds. The second kappa shape index (κ2) is 4.89. The van der Waals surface area contributed by atoms with Gasteiger partial charge in [0.15, 0.2) is 0 Å². The molecule has 0 unspecified atom stereocenters. The van der Waals surface area contributed by atoms with Gasteiger partial charge in [-0.25, -0.2) is 4.39 Å². The summed E-state index contributed by atoms with van der Waals surface area (Å²) in [5, 5.41) is 2.57. The highest BCUT2D eigenvalue weighted by Gasteiger charge is 2.11. The SMILES string of the molecule is CC[C@H](N)C(=O)Nc1cc(C)cc(F)c1. The molecule has 0 radical (unpaired) electrons. The number of nitrogens with two attached hydrogens (primary N) is 1. The molecule has 1 rings (SSSR count). The van der Waals surface area contributed by atoms with Gasteiger partial charge in [0.25, 0.3) is 0 Å². The molecule has 0 saturated heterocycles. The highest BCUT2D eigenvalue weighted by molar-refractivity contribution is 5.94. The summed E-state index contributed by atoms with van der Waals surface area (Å²) < 4.78 is 13.0. The second-order valence-corrected chi connectivity index (χ2v) is 3.52. The molecule has 0 aliphatic heterocycles. The molecule has 3 N–H and O–H groups in total. The van der Waals surface area contributed by atoms with Gasteiger partial charge >= 0.3 is 0 Å². The quantitative estimate of drug-likeness (QED) is 0.799. The minimum atomic E-state index is -0.548. The lowest BCUT2D eigenvalue weighted by Gasteiger charge is -2.10. The summed E-state index contributed by atoms with van der Waals surface area (Å²) in [5.41, 5.74) is 6.74. The van der Waals surface area contributed by atoms with Crippen molar-refractivity contribution < 1.29 is 9.18 Å². The minimum Gasteiger partial charge on any atom is -0.325 e. The van der Waals surface area contributed by atoms with Crippen LogP contribution in [0.25, 0.3) is 0 Å². The molecule has 1 aromatic carbocycles. The fraction of sp³-hybridized carbons (Fsp3) is 0.364. The van der Waals surface area contributed by atoms with Crippen LogP contribution in [0.15, 0.2) is 18.2 Å². The first-order chi connectivity index (χ1) is 7.02. The van der Waals surface area contributed by atoms with Gasteiger partial charge in [-0.1, -0.05) is 6.92 Å². The van der Waals surface area contributed by atoms with Crippen LogP contribution in [-0.4, -0.2) is 11.9 Å². The standard InChI is InChI=1S/C11H15FN2O/c1-3-10(13)11(15)14-9-5-7(2)4-8(12)6-9/h4-6,10H,3,13H2,1-2H3,(H,14,15)/t10-/m0/s1. The largest absolute Gasteiger partial charge is 0.325 e. The third kappa shape index (κ3) is 3.32. The number of hydrogen-bond donors (Lipinski definition) is 2. The first-order valence-electron chi connectivity index (χ1n) is 4.86. The van der Waals surface area contributed by atoms with Gasteiger partial charge in [0, 0.05) is 5.69 Å². The number of halogens is 1. The van der Waals surface area contributed by atoms with E-state index in [1.54, 1.807) is 13.0 Å². The molecule has 0 heterocycles. The number of carbonyl (C=O) groups is 1. The monoisotopic (exact) mass is 210 g/mol. The van der Waals surface area contributed by atoms with Gasteiger partial charge in [-0.15, -0.1) is 0 Å². The van der Waals surface area contributed by atoms with Crippen molar-refractivity contribution >= 4 is 11.6 Å². The maximum Gasteiger partial charge on any atom is 0.241 e. The summed E-state index contributed by atoms with van der Waals surface area (Å²) in [6.45, 7) is 3.58. The second-order valence-electron chi connectivity index (χ2n) is 3.52. The number of nitrogens with one attached hydrogen (secondary N) is 1. The van der Waals surface area contributed by atoms with Crippen LogP contribution in [0, 0.1) is 12.7 Å². The van der Waals surface area contributed by atoms with Crippen LogP contribution in [0.3, 0.4) is 0 Å². The van der Waals surface area contributed by atoms with E-state index >= 15 is 0 Å². The van der Waals surface area contributed by atoms with Crippen LogP contribution < -0.4 is 11.1 Å². The molecule has 4 heteroatoms. The Bertz CT molecular complexity index is 345. The molecule has 1 aromatic rings. The predicted molar refractivity (Wildman–Crippen MR) is 58.0 cm³/mol. The van der Waals surface area contributed by atoms with E-state index in [-0.39, 0.29) is 11.7 Å². The predicted octanol–water partition coefficient (Wildman–Crippen LogP) is 1.81. The zero-order chi connectivity index (χ0) is 11.4. The van der Waals surface area contributed by atoms with Crippen molar-refractivity contribution in [1.82, 2.24) is 0 Å². The normalized spacial score (nSPS) is 12.3. The molecule has 0 spiro atoms. The third-order valence-electron chi connectivity index (χ3n) is 2.09. The zero-order valence-electron chi connectivity index (χ0n) is 8.88. The third-order valence-corrected chi connectivity index (χ3v) is 2.09. The lowest BCUT2D eigenvalue weighted by atomic mass is 10.2. The fourth-order valence-corrected chi connectivity index (χ4v) is 1.23. The van der Waals surface area contributed by atoms with E-state index in [2.05, 4.69) is 5.32 Å². The Balaban J connectivity index is 2.76. The van der Waals surface area contributed by atoms with Gasteiger partial charge in [0.05, 0.1) is 6.04 Å². The van der Waals surface area contributed by atoms with E-state index in [1.807, 2.05) is 6.92 Å². The Hall–Kier alpha value is -1.42. The van der Waals surface area contributed by atoms with Crippen LogP contribution in [0.5, 0.6) is 0 Å². The molecule has 0 fully saturated rings. The number of anilines is 1. The lowest BCUT2D eigenvalue weighted by Crippen LogP contribution is -2.34. The summed E-state index contributed by atoms with van der Waals surface area (Å²) in [7, 11) is 0. The number of rotatable bonds is 3. The number of amides is 1. The van der Waals surface area contributed by atoms with Crippen molar-refractivity contribution in [2.75, 3.05) is 5.32 Å². The Labute approximate surface area is 88.5 Å². The molecule has 82 valence electrons. The zero-order valence-corrected chi connectivity index (χ0v) is 8.88. The molecular formula is C11H15FN2O. The van der Waals surface area contributed by atoms with Crippen LogP contribution in [0.2, 0.25) is 0 Å². The summed E-state index contributed by atoms with van der Waals surface area (Å²) in [4.78, 5) is 11.4. The van der Waals surface area contributed by atoms with Gasteiger partial charge in [-0.05, 0) is 37.1 Å². The maximum absolute atomic E-state index is 13.0. The van der Waals surface area contributed by atoms with Crippen LogP contribution in [0.1, 0.15) is 18.9 Å². The average Bonchev–Trinajstić information content (AvgIpc) is 2.14. The van der Waals surface area contributed by atoms with E-state index in [9.17, 15) is 9.18 Å². The van der Waals surface area contributed by atoms with Crippen molar-refractivity contribution in [2.24, 2.45) is 5.73 Å². The highest BCUT2D eigenvalue weighted by Crippen LogP contribution is 2.13. The summed E-state index contributed by atoms with van der Waals surface area (Å²) in [6.07, 6.45) is 0.556. The Morgan fingerprint density at radius 2 is 2.20 bits per heavy atom. The molecule has 0 bridgehead atoms. The number of benzene rings is 1. The molecule has 0 aromatic heterocycles. The van der Waals surface area contributed by atoms with E-state index < -0.39 is 6.04 Å². The number of carbonyl (C=O) groups excluding carboxylic acids is 1. The van der Waals surface area contributed by atoms with Gasteiger partial charge in [0.1, 0.15) is 5.82 Å². The molecule has 0 aliphatic carbocycles. The highest BCUT2D eigenvalue weighted by atomic mass is 19.1. The molecular weight excluding hydrogens is 195 g/mol. The first kappa shape index (κ1) is 11.7. The Morgan fingerprint density at radius 3 is 2.73 bits per heavy atom. The number of hydrogen-bond acceptors (Lipinski definition) is 2. The lowest BCUT2D eigenvalue weighted by molar-refractivity contribution is -0.117. The van der Waals surface area contributed by atoms with E-state index in [1.165, 1.54) is 12.1 Å². The fourth-order valence-electron chi connectivity index (χ4n) is 1.23. The summed E-state index contributed by atoms with van der Waals surface area (Å²) >= 11 is 0. The van der Waals surface area contributed by atoms with E-state index in [0.717, 1.165) is 5.56 Å². The van der Waals surface area contributed by atoms with E-state index in [4.69, 9.17) is 5.73 Å². The molecule has 0 aliphatic rings. The van der Waals surface area contributed by atoms with Crippen LogP contribution >= 0.6 is 0 Å². The molecule has 3 nitrogen and oxygen atoms in total. The minimum absolute atomic E-state index is 0.289. The van der Waals surface area contributed by atoms with Crippen molar-refractivity contribution in [3.8, 4) is 0 Å². The Kier molecular flexibility index (Phi) is 3.80. The summed E-state index contributed by atoms with van der Waals surface area (Å²) in [5.74, 6) is -0.655. The molecule has 0 saturated carbocycles. The summed E-state index contributed by atoms with van der Waals surface area (Å²) in [6, 6.07) is 3.82. The van der Waals surface area contributed by atoms with Crippen molar-refractivity contribution in [3.05, 3.63) is 29.6 Å². The van der Waals surface area contributed by atoms with Gasteiger partial charge in [-0.3, -0.25) is 4.79 Å². The van der Waals surface area contributed by atoms with E-state index in [0.29, 0.717) is 12.1 Å². The van der Waals surface area contributed by atoms with Gasteiger partial charge < -0.3 is 11.1 Å². The number of aryl methyl sites for hydroxylation is 1.